The predicted molar refractivity (Wildman–Crippen MR) is 43.4 cm³/mol. The Morgan fingerprint density at radius 1 is 1.83 bits per heavy atom. The molecule has 0 aromatic rings. The molecule has 0 aliphatic carbocycles. The smallest absolute Gasteiger partial charge is 0.312 e. The molecular formula is C7H13N3O2. The summed E-state index contributed by atoms with van der Waals surface area (Å²) in [6.45, 7) is 3.18. The molecule has 3 N–H and O–H groups in total. The van der Waals surface area contributed by atoms with Gasteiger partial charge in [-0.1, -0.05) is 0 Å². The van der Waals surface area contributed by atoms with E-state index in [1.807, 2.05) is 6.92 Å². The van der Waals surface area contributed by atoms with Gasteiger partial charge >= 0.3 is 6.03 Å². The highest BCUT2D eigenvalue weighted by Crippen LogP contribution is 2.09. The fourth-order valence-corrected chi connectivity index (χ4v) is 1.38. The maximum Gasteiger partial charge on any atom is 0.312 e. The molecule has 1 aliphatic rings. The average Bonchev–Trinajstić information content (AvgIpc) is 2.29. The number of likely N-dealkylation sites (tertiary alicyclic amines) is 1. The topological polar surface area (TPSA) is 75.4 Å². The van der Waals surface area contributed by atoms with E-state index in [2.05, 4.69) is 5.32 Å². The Bertz CT molecular complexity index is 205. The monoisotopic (exact) mass is 171 g/mol. The molecular weight excluding hydrogens is 158 g/mol. The number of hydrogen-bond donors (Lipinski definition) is 2. The Morgan fingerprint density at radius 3 is 2.92 bits per heavy atom. The van der Waals surface area contributed by atoms with Crippen molar-refractivity contribution in [1.82, 2.24) is 10.2 Å². The first-order valence-electron chi connectivity index (χ1n) is 3.97. The van der Waals surface area contributed by atoms with Crippen LogP contribution in [-0.4, -0.2) is 36.0 Å². The van der Waals surface area contributed by atoms with Gasteiger partial charge in [-0.15, -0.1) is 0 Å². The van der Waals surface area contributed by atoms with E-state index >= 15 is 0 Å². The fourth-order valence-electron chi connectivity index (χ4n) is 1.38. The van der Waals surface area contributed by atoms with E-state index in [1.54, 1.807) is 4.90 Å². The standard InChI is InChI=1S/C7H13N3O2/c1-2-10-4-5(3-6(10)11)9-7(8)12/h5H,2-4H2,1H3,(H3,8,9,12). The quantitative estimate of drug-likeness (QED) is 0.575. The summed E-state index contributed by atoms with van der Waals surface area (Å²) in [6, 6.07) is -0.666. The number of urea groups is 1. The van der Waals surface area contributed by atoms with Crippen molar-refractivity contribution in [2.45, 2.75) is 19.4 Å². The number of likely N-dealkylation sites (N-methyl/N-ethyl adjacent to an activating group) is 1. The Kier molecular flexibility index (Phi) is 2.52. The molecule has 1 saturated heterocycles. The van der Waals surface area contributed by atoms with Crippen molar-refractivity contribution >= 4 is 11.9 Å². The van der Waals surface area contributed by atoms with Crippen LogP contribution >= 0.6 is 0 Å². The van der Waals surface area contributed by atoms with E-state index in [4.69, 9.17) is 5.73 Å². The van der Waals surface area contributed by atoms with Crippen LogP contribution in [0.4, 0.5) is 4.79 Å². The minimum Gasteiger partial charge on any atom is -0.352 e. The normalized spacial score (nSPS) is 22.9. The summed E-state index contributed by atoms with van der Waals surface area (Å²) in [7, 11) is 0. The van der Waals surface area contributed by atoms with Crippen molar-refractivity contribution in [3.8, 4) is 0 Å². The molecule has 0 aromatic heterocycles. The fraction of sp³-hybridized carbons (Fsp3) is 0.714. The zero-order chi connectivity index (χ0) is 9.14. The molecule has 5 nitrogen and oxygen atoms in total. The molecule has 0 spiro atoms. The van der Waals surface area contributed by atoms with E-state index < -0.39 is 6.03 Å². The molecule has 1 atom stereocenters. The summed E-state index contributed by atoms with van der Waals surface area (Å²) in [4.78, 5) is 23.3. The van der Waals surface area contributed by atoms with Crippen molar-refractivity contribution in [3.05, 3.63) is 0 Å². The second-order valence-corrected chi connectivity index (χ2v) is 2.84. The molecule has 1 unspecified atom stereocenters. The van der Waals surface area contributed by atoms with Crippen LogP contribution in [0.15, 0.2) is 0 Å². The zero-order valence-electron chi connectivity index (χ0n) is 7.04. The van der Waals surface area contributed by atoms with Gasteiger partial charge in [-0.3, -0.25) is 4.79 Å². The van der Waals surface area contributed by atoms with Crippen LogP contribution in [0.2, 0.25) is 0 Å². The number of hydrogen-bond acceptors (Lipinski definition) is 2. The van der Waals surface area contributed by atoms with Gasteiger partial charge in [0.25, 0.3) is 0 Å². The van der Waals surface area contributed by atoms with E-state index in [0.29, 0.717) is 19.5 Å². The molecule has 0 radical (unpaired) electrons. The van der Waals surface area contributed by atoms with Gasteiger partial charge in [0.2, 0.25) is 5.91 Å². The highest BCUT2D eigenvalue weighted by Gasteiger charge is 2.28. The molecule has 5 heteroatoms. The van der Waals surface area contributed by atoms with Gasteiger partial charge in [0.05, 0.1) is 6.04 Å². The molecule has 0 bridgehead atoms. The number of primary amides is 1. The number of nitrogens with one attached hydrogen (secondary N) is 1. The third-order valence-corrected chi connectivity index (χ3v) is 1.94. The third kappa shape index (κ3) is 1.87. The van der Waals surface area contributed by atoms with Crippen molar-refractivity contribution in [1.29, 1.82) is 0 Å². The summed E-state index contributed by atoms with van der Waals surface area (Å²) < 4.78 is 0. The maximum absolute atomic E-state index is 11.1. The summed E-state index contributed by atoms with van der Waals surface area (Å²) in [5.41, 5.74) is 4.92. The van der Waals surface area contributed by atoms with Crippen LogP contribution in [0.1, 0.15) is 13.3 Å². The van der Waals surface area contributed by atoms with Crippen LogP contribution in [-0.2, 0) is 4.79 Å². The predicted octanol–water partition coefficient (Wildman–Crippen LogP) is -0.724. The van der Waals surface area contributed by atoms with E-state index in [1.165, 1.54) is 0 Å². The van der Waals surface area contributed by atoms with Crippen LogP contribution in [0.25, 0.3) is 0 Å². The van der Waals surface area contributed by atoms with Crippen LogP contribution in [0.3, 0.4) is 0 Å². The number of carbonyl (C=O) groups excluding carboxylic acids is 2. The zero-order valence-corrected chi connectivity index (χ0v) is 7.04. The molecule has 12 heavy (non-hydrogen) atoms. The van der Waals surface area contributed by atoms with Gasteiger partial charge in [0, 0.05) is 19.5 Å². The Balaban J connectivity index is 2.43. The van der Waals surface area contributed by atoms with Gasteiger partial charge in [-0.2, -0.15) is 0 Å². The Labute approximate surface area is 70.9 Å². The molecule has 1 rings (SSSR count). The number of amides is 3. The lowest BCUT2D eigenvalue weighted by molar-refractivity contribution is -0.127. The van der Waals surface area contributed by atoms with Gasteiger partial charge in [0.15, 0.2) is 0 Å². The Hall–Kier alpha value is -1.26. The molecule has 1 heterocycles. The molecule has 0 saturated carbocycles. The second-order valence-electron chi connectivity index (χ2n) is 2.84. The van der Waals surface area contributed by atoms with Crippen molar-refractivity contribution in [2.24, 2.45) is 5.73 Å². The van der Waals surface area contributed by atoms with Gasteiger partial charge in [-0.25, -0.2) is 4.79 Å². The summed E-state index contributed by atoms with van der Waals surface area (Å²) >= 11 is 0. The number of nitrogens with two attached hydrogens (primary N) is 1. The minimum atomic E-state index is -0.564. The summed E-state index contributed by atoms with van der Waals surface area (Å²) in [6.07, 6.45) is 0.372. The van der Waals surface area contributed by atoms with E-state index in [0.717, 1.165) is 0 Å². The number of nitrogens with zero attached hydrogens (tertiary/aromatic N) is 1. The molecule has 1 fully saturated rings. The summed E-state index contributed by atoms with van der Waals surface area (Å²) in [5, 5.41) is 2.51. The SMILES string of the molecule is CCN1CC(NC(N)=O)CC1=O. The maximum atomic E-state index is 11.1. The minimum absolute atomic E-state index is 0.0799. The van der Waals surface area contributed by atoms with Crippen molar-refractivity contribution in [2.75, 3.05) is 13.1 Å². The van der Waals surface area contributed by atoms with Crippen molar-refractivity contribution in [3.63, 3.8) is 0 Å². The first kappa shape index (κ1) is 8.83. The van der Waals surface area contributed by atoms with E-state index in [-0.39, 0.29) is 11.9 Å². The van der Waals surface area contributed by atoms with Gasteiger partial charge < -0.3 is 16.0 Å². The van der Waals surface area contributed by atoms with Crippen molar-refractivity contribution < 1.29 is 9.59 Å². The lowest BCUT2D eigenvalue weighted by Crippen LogP contribution is -2.40. The molecule has 3 amide bonds. The molecule has 1 aliphatic heterocycles. The first-order valence-corrected chi connectivity index (χ1v) is 3.97. The molecule has 0 aromatic carbocycles. The lowest BCUT2D eigenvalue weighted by Gasteiger charge is -2.13. The molecule has 68 valence electrons. The largest absolute Gasteiger partial charge is 0.352 e. The van der Waals surface area contributed by atoms with Gasteiger partial charge in [0.1, 0.15) is 0 Å². The first-order chi connectivity index (χ1) is 5.63. The lowest BCUT2D eigenvalue weighted by atomic mass is 10.3. The van der Waals surface area contributed by atoms with Crippen LogP contribution in [0.5, 0.6) is 0 Å². The highest BCUT2D eigenvalue weighted by atomic mass is 16.2. The third-order valence-electron chi connectivity index (χ3n) is 1.94. The number of carbonyl (C=O) groups is 2. The van der Waals surface area contributed by atoms with Crippen LogP contribution < -0.4 is 11.1 Å². The second kappa shape index (κ2) is 3.42. The van der Waals surface area contributed by atoms with E-state index in [9.17, 15) is 9.59 Å². The summed E-state index contributed by atoms with van der Waals surface area (Å²) in [5.74, 6) is 0.0799. The Morgan fingerprint density at radius 2 is 2.50 bits per heavy atom. The average molecular weight is 171 g/mol. The number of rotatable bonds is 2. The van der Waals surface area contributed by atoms with Gasteiger partial charge in [-0.05, 0) is 6.92 Å². The highest BCUT2D eigenvalue weighted by molar-refractivity contribution is 5.81. The van der Waals surface area contributed by atoms with Crippen LogP contribution in [0, 0.1) is 0 Å².